The van der Waals surface area contributed by atoms with E-state index in [0.29, 0.717) is 24.2 Å². The number of nitrogens with two attached hydrogens (primary N) is 2. The van der Waals surface area contributed by atoms with Gasteiger partial charge in [0.15, 0.2) is 5.69 Å². The number of aliphatic imine (C=N–C) groups is 1. The lowest BCUT2D eigenvalue weighted by Crippen LogP contribution is -2.87. The maximum atomic E-state index is 13.2. The van der Waals surface area contributed by atoms with Gasteiger partial charge in [-0.25, -0.2) is 14.6 Å². The molecule has 3 aliphatic rings. The summed E-state index contributed by atoms with van der Waals surface area (Å²) in [6, 6.07) is 6.63. The van der Waals surface area contributed by atoms with E-state index in [1.54, 1.807) is 24.3 Å². The van der Waals surface area contributed by atoms with Crippen LogP contribution in [0.2, 0.25) is 0 Å². The zero-order valence-electron chi connectivity index (χ0n) is 20.2. The number of allylic oxidation sites excluding steroid dienone is 2. The third-order valence-electron chi connectivity index (χ3n) is 7.88. The Hall–Kier alpha value is -2.61. The quantitative estimate of drug-likeness (QED) is 0.264. The summed E-state index contributed by atoms with van der Waals surface area (Å²) >= 11 is 0. The molecule has 5 N–H and O–H groups in total. The van der Waals surface area contributed by atoms with Crippen LogP contribution in [0.3, 0.4) is 0 Å². The van der Waals surface area contributed by atoms with Gasteiger partial charge in [-0.05, 0) is 45.1 Å². The number of unbranched alkanes of at least 4 members (excludes halogenated alkanes) is 1. The summed E-state index contributed by atoms with van der Waals surface area (Å²) in [5.74, 6) is 4.77. The van der Waals surface area contributed by atoms with E-state index in [2.05, 4.69) is 38.9 Å². The summed E-state index contributed by atoms with van der Waals surface area (Å²) in [6.45, 7) is 16.2. The summed E-state index contributed by atoms with van der Waals surface area (Å²) in [6.07, 6.45) is 5.00. The number of nitrogens with zero attached hydrogens (tertiary/aromatic N) is 2. The second-order valence-electron chi connectivity index (χ2n) is 10.1. The topological polar surface area (TPSA) is 119 Å². The largest absolute Gasteiger partial charge is 0.476 e. The third kappa shape index (κ3) is 3.68. The fourth-order valence-corrected chi connectivity index (χ4v) is 5.80. The number of quaternary nitrogens is 1. The fourth-order valence-electron chi connectivity index (χ4n) is 5.80. The molecule has 0 bridgehead atoms. The van der Waals surface area contributed by atoms with E-state index >= 15 is 0 Å². The predicted octanol–water partition coefficient (Wildman–Crippen LogP) is 4.39. The van der Waals surface area contributed by atoms with E-state index in [-0.39, 0.29) is 17.4 Å². The maximum Gasteiger partial charge on any atom is 0.396 e. The number of para-hydroxylation sites is 2. The summed E-state index contributed by atoms with van der Waals surface area (Å²) in [7, 11) is 0. The maximum absolute atomic E-state index is 13.2. The summed E-state index contributed by atoms with van der Waals surface area (Å²) in [5.41, 5.74) is 8.49. The fraction of sp³-hybridized carbons (Fsp3) is 0.500. The molecular weight excluding hydrogens is 416 g/mol. The molecule has 2 aliphatic carbocycles. The minimum Gasteiger partial charge on any atom is -0.476 e. The van der Waals surface area contributed by atoms with Crippen LogP contribution in [0, 0.1) is 11.3 Å². The molecule has 1 aromatic rings. The van der Waals surface area contributed by atoms with Crippen molar-refractivity contribution < 1.29 is 14.7 Å². The van der Waals surface area contributed by atoms with E-state index in [4.69, 9.17) is 11.6 Å². The standard InChI is InChI=1S/C19H22N4O3.C7H14/c1-10-8-19(11(10)2)14(9-18(19,3)20)23(21)13-7-5-4-6-12(13)22-15(16(23)24)17(25)26;1-4-5-6-7(2)3/h4-7,11,14H,1,8-9,20-21H2,2-3H3;2,4-6H2,1,3H3/p+1. The Morgan fingerprint density at radius 3 is 2.45 bits per heavy atom. The van der Waals surface area contributed by atoms with Gasteiger partial charge in [0.05, 0.1) is 5.41 Å². The van der Waals surface area contributed by atoms with E-state index in [0.717, 1.165) is 5.57 Å². The monoisotopic (exact) mass is 453 g/mol. The van der Waals surface area contributed by atoms with Crippen LogP contribution in [-0.4, -0.2) is 34.3 Å². The summed E-state index contributed by atoms with van der Waals surface area (Å²) in [5, 5.41) is 9.48. The first-order valence-corrected chi connectivity index (χ1v) is 11.6. The lowest BCUT2D eigenvalue weighted by atomic mass is 9.37. The van der Waals surface area contributed by atoms with Crippen molar-refractivity contribution in [3.8, 4) is 0 Å². The molecule has 1 heterocycles. The number of rotatable bonds is 5. The zero-order chi connectivity index (χ0) is 24.8. The number of carboxylic acid groups (broad SMARTS) is 1. The van der Waals surface area contributed by atoms with Gasteiger partial charge >= 0.3 is 11.9 Å². The van der Waals surface area contributed by atoms with Crippen molar-refractivity contribution in [1.29, 1.82) is 0 Å². The molecule has 33 heavy (non-hydrogen) atoms. The Morgan fingerprint density at radius 2 is 2.00 bits per heavy atom. The number of fused-ring (bicyclic) bond motifs is 1. The smallest absolute Gasteiger partial charge is 0.396 e. The van der Waals surface area contributed by atoms with E-state index in [1.165, 1.54) is 24.8 Å². The number of amides is 1. The molecule has 1 aliphatic heterocycles. The molecular formula is C26H37N4O3+. The first kappa shape index (κ1) is 25.0. The van der Waals surface area contributed by atoms with Crippen LogP contribution in [0.5, 0.6) is 0 Å². The van der Waals surface area contributed by atoms with Crippen molar-refractivity contribution in [3.05, 3.63) is 48.6 Å². The number of carbonyl (C=O) groups is 2. The van der Waals surface area contributed by atoms with E-state index in [1.807, 2.05) is 6.92 Å². The molecule has 1 spiro atoms. The SMILES string of the molecule is C=C(C)CCCC.C=C1CC2(C1C)C([N+]1(N)C(=O)C(C(=O)O)=Nc3ccccc31)CC2(C)N. The number of carbonyl (C=O) groups excluding carboxylic acids is 1. The number of hydrogen-bond donors (Lipinski definition) is 3. The molecule has 5 unspecified atom stereocenters. The van der Waals surface area contributed by atoms with E-state index in [9.17, 15) is 14.7 Å². The molecule has 2 fully saturated rings. The Kier molecular flexibility index (Phi) is 6.54. The third-order valence-corrected chi connectivity index (χ3v) is 7.88. The van der Waals surface area contributed by atoms with Crippen LogP contribution in [-0.2, 0) is 9.59 Å². The van der Waals surface area contributed by atoms with Gasteiger partial charge in [-0.2, -0.15) is 5.84 Å². The van der Waals surface area contributed by atoms with Crippen LogP contribution < -0.4 is 16.2 Å². The minimum absolute atomic E-state index is 0.113. The molecule has 0 saturated heterocycles. The lowest BCUT2D eigenvalue weighted by Gasteiger charge is -2.71. The van der Waals surface area contributed by atoms with Crippen molar-refractivity contribution in [1.82, 2.24) is 4.59 Å². The van der Waals surface area contributed by atoms with Crippen molar-refractivity contribution in [3.63, 3.8) is 0 Å². The van der Waals surface area contributed by atoms with Crippen molar-refractivity contribution in [2.75, 3.05) is 0 Å². The van der Waals surface area contributed by atoms with Gasteiger partial charge in [0.2, 0.25) is 0 Å². The normalized spacial score (nSPS) is 34.3. The molecule has 7 heteroatoms. The number of carboxylic acids is 1. The Bertz CT molecular complexity index is 1040. The predicted molar refractivity (Wildman–Crippen MR) is 133 cm³/mol. The number of benzene rings is 1. The molecule has 4 rings (SSSR count). The van der Waals surface area contributed by atoms with Gasteiger partial charge in [0.1, 0.15) is 11.7 Å². The highest BCUT2D eigenvalue weighted by atomic mass is 16.4. The molecule has 0 aromatic heterocycles. The molecule has 2 saturated carbocycles. The Balaban J connectivity index is 0.000000383. The first-order chi connectivity index (χ1) is 15.3. The van der Waals surface area contributed by atoms with Gasteiger partial charge in [-0.15, -0.1) is 11.2 Å². The average Bonchev–Trinajstić information content (AvgIpc) is 2.76. The highest BCUT2D eigenvalue weighted by molar-refractivity contribution is 6.65. The van der Waals surface area contributed by atoms with Gasteiger partial charge in [-0.3, -0.25) is 0 Å². The van der Waals surface area contributed by atoms with E-state index < -0.39 is 27.7 Å². The minimum atomic E-state index is -1.37. The van der Waals surface area contributed by atoms with Crippen LogP contribution in [0.15, 0.2) is 53.6 Å². The molecule has 178 valence electrons. The summed E-state index contributed by atoms with van der Waals surface area (Å²) < 4.78 is -0.592. The molecule has 1 amide bonds. The molecule has 5 atom stereocenters. The van der Waals surface area contributed by atoms with Gasteiger partial charge in [0.25, 0.3) is 5.71 Å². The van der Waals surface area contributed by atoms with Gasteiger partial charge in [0, 0.05) is 18.0 Å². The van der Waals surface area contributed by atoms with Crippen LogP contribution in [0.4, 0.5) is 11.4 Å². The second kappa shape index (κ2) is 8.63. The van der Waals surface area contributed by atoms with Crippen LogP contribution in [0.25, 0.3) is 0 Å². The lowest BCUT2D eigenvalue weighted by molar-refractivity contribution is -0.167. The molecule has 7 nitrogen and oxygen atoms in total. The van der Waals surface area contributed by atoms with Crippen molar-refractivity contribution in [2.24, 2.45) is 27.9 Å². The van der Waals surface area contributed by atoms with Crippen LogP contribution >= 0.6 is 0 Å². The highest BCUT2D eigenvalue weighted by Gasteiger charge is 2.77. The van der Waals surface area contributed by atoms with Crippen molar-refractivity contribution >= 4 is 29.0 Å². The zero-order valence-corrected chi connectivity index (χ0v) is 20.2. The highest BCUT2D eigenvalue weighted by Crippen LogP contribution is 2.68. The Morgan fingerprint density at radius 1 is 1.36 bits per heavy atom. The van der Waals surface area contributed by atoms with Crippen molar-refractivity contribution in [2.45, 2.75) is 71.4 Å². The summed E-state index contributed by atoms with van der Waals surface area (Å²) in [4.78, 5) is 28.9. The van der Waals surface area contributed by atoms with Gasteiger partial charge < -0.3 is 10.8 Å². The number of hydrogen-bond acceptors (Lipinski definition) is 5. The average molecular weight is 454 g/mol. The van der Waals surface area contributed by atoms with Crippen LogP contribution in [0.1, 0.15) is 59.8 Å². The number of aliphatic carboxylic acids is 1. The molecule has 0 radical (unpaired) electrons. The second-order valence-corrected chi connectivity index (χ2v) is 10.1. The van der Waals surface area contributed by atoms with Gasteiger partial charge in [-0.1, -0.05) is 50.1 Å². The molecule has 1 aromatic carbocycles. The Labute approximate surface area is 196 Å². The first-order valence-electron chi connectivity index (χ1n) is 11.6.